The van der Waals surface area contributed by atoms with Crippen molar-refractivity contribution in [3.05, 3.63) is 70.2 Å². The Labute approximate surface area is 182 Å². The van der Waals surface area contributed by atoms with Crippen molar-refractivity contribution in [1.82, 2.24) is 9.97 Å². The number of methoxy groups -OCH3 is 1. The summed E-state index contributed by atoms with van der Waals surface area (Å²) in [5.41, 5.74) is 2.16. The van der Waals surface area contributed by atoms with Crippen molar-refractivity contribution in [2.24, 2.45) is 0 Å². The number of nitrogens with one attached hydrogen (secondary N) is 2. The third kappa shape index (κ3) is 5.54. The van der Waals surface area contributed by atoms with E-state index in [2.05, 4.69) is 15.3 Å². The van der Waals surface area contributed by atoms with Crippen molar-refractivity contribution in [3.8, 4) is 5.88 Å². The molecule has 0 spiro atoms. The SMILES string of the molecule is COC(=CC=Cc1cc2cc(Cl)c(Cl)cc2[nH]1)C(=O)Nc1ccc(OCCO)nc1. The lowest BCUT2D eigenvalue weighted by atomic mass is 10.2. The van der Waals surface area contributed by atoms with Gasteiger partial charge in [0, 0.05) is 22.7 Å². The molecule has 2 aromatic heterocycles. The standard InChI is InChI=1S/C21H19Cl2N3O4/c1-29-19(21(28)26-15-5-6-20(24-12-15)30-8-7-27)4-2-3-14-9-13-10-16(22)17(23)11-18(13)25-14/h2-6,9-12,25,27H,7-8H2,1H3,(H,26,28). The molecule has 3 rings (SSSR count). The van der Waals surface area contributed by atoms with E-state index in [9.17, 15) is 4.79 Å². The van der Waals surface area contributed by atoms with Crippen molar-refractivity contribution in [2.45, 2.75) is 0 Å². The molecule has 0 aliphatic carbocycles. The first-order chi connectivity index (χ1) is 14.5. The minimum absolute atomic E-state index is 0.102. The van der Waals surface area contributed by atoms with Gasteiger partial charge in [-0.3, -0.25) is 4.79 Å². The Hall–Kier alpha value is -3.00. The smallest absolute Gasteiger partial charge is 0.290 e. The van der Waals surface area contributed by atoms with Crippen LogP contribution in [-0.2, 0) is 9.53 Å². The number of pyridine rings is 1. The number of benzene rings is 1. The van der Waals surface area contributed by atoms with E-state index in [1.807, 2.05) is 6.07 Å². The lowest BCUT2D eigenvalue weighted by Gasteiger charge is -2.08. The third-order valence-corrected chi connectivity index (χ3v) is 4.71. The van der Waals surface area contributed by atoms with Gasteiger partial charge < -0.3 is 24.9 Å². The Kier molecular flexibility index (Phi) is 7.35. The lowest BCUT2D eigenvalue weighted by molar-refractivity contribution is -0.115. The largest absolute Gasteiger partial charge is 0.491 e. The summed E-state index contributed by atoms with van der Waals surface area (Å²) < 4.78 is 10.3. The van der Waals surface area contributed by atoms with E-state index in [0.29, 0.717) is 21.6 Å². The number of aliphatic hydroxyl groups is 1. The zero-order valence-corrected chi connectivity index (χ0v) is 17.5. The number of carbonyl (C=O) groups excluding carboxylic acids is 1. The maximum absolute atomic E-state index is 12.4. The molecule has 0 aliphatic heterocycles. The summed E-state index contributed by atoms with van der Waals surface area (Å²) >= 11 is 12.1. The van der Waals surface area contributed by atoms with Gasteiger partial charge in [0.15, 0.2) is 5.76 Å². The molecule has 0 radical (unpaired) electrons. The second-order valence-corrected chi connectivity index (χ2v) is 6.90. The molecular weight excluding hydrogens is 429 g/mol. The van der Waals surface area contributed by atoms with E-state index >= 15 is 0 Å². The third-order valence-electron chi connectivity index (χ3n) is 3.98. The van der Waals surface area contributed by atoms with Crippen molar-refractivity contribution in [2.75, 3.05) is 25.6 Å². The number of H-pyrrole nitrogens is 1. The van der Waals surface area contributed by atoms with Crippen LogP contribution in [0.5, 0.6) is 5.88 Å². The van der Waals surface area contributed by atoms with Crippen LogP contribution in [0, 0.1) is 0 Å². The van der Waals surface area contributed by atoms with Gasteiger partial charge in [0.2, 0.25) is 5.88 Å². The number of halogens is 2. The molecule has 3 N–H and O–H groups in total. The normalized spacial score (nSPS) is 11.8. The number of ether oxygens (including phenoxy) is 2. The van der Waals surface area contributed by atoms with E-state index in [0.717, 1.165) is 16.6 Å². The summed E-state index contributed by atoms with van der Waals surface area (Å²) in [7, 11) is 1.41. The predicted molar refractivity (Wildman–Crippen MR) is 118 cm³/mol. The second-order valence-electron chi connectivity index (χ2n) is 6.08. The van der Waals surface area contributed by atoms with Gasteiger partial charge in [-0.15, -0.1) is 0 Å². The molecule has 0 saturated carbocycles. The van der Waals surface area contributed by atoms with Crippen LogP contribution in [-0.4, -0.2) is 41.3 Å². The van der Waals surface area contributed by atoms with Gasteiger partial charge in [-0.05, 0) is 36.4 Å². The van der Waals surface area contributed by atoms with E-state index in [1.165, 1.54) is 13.3 Å². The molecule has 1 amide bonds. The molecule has 0 fully saturated rings. The van der Waals surface area contributed by atoms with Crippen LogP contribution < -0.4 is 10.1 Å². The van der Waals surface area contributed by atoms with Crippen LogP contribution in [0.2, 0.25) is 10.0 Å². The molecular formula is C21H19Cl2N3O4. The van der Waals surface area contributed by atoms with Crippen LogP contribution in [0.25, 0.3) is 17.0 Å². The molecule has 2 heterocycles. The molecule has 0 bridgehead atoms. The van der Waals surface area contributed by atoms with Crippen molar-refractivity contribution >= 4 is 51.8 Å². The predicted octanol–water partition coefficient (Wildman–Crippen LogP) is 4.42. The van der Waals surface area contributed by atoms with Gasteiger partial charge in [0.05, 0.1) is 35.6 Å². The number of hydrogen-bond donors (Lipinski definition) is 3. The molecule has 3 aromatic rings. The lowest BCUT2D eigenvalue weighted by Crippen LogP contribution is -2.15. The highest BCUT2D eigenvalue weighted by Crippen LogP contribution is 2.28. The Morgan fingerprint density at radius 3 is 2.77 bits per heavy atom. The molecule has 0 atom stereocenters. The molecule has 0 unspecified atom stereocenters. The molecule has 156 valence electrons. The molecule has 1 aromatic carbocycles. The quantitative estimate of drug-likeness (QED) is 0.269. The molecule has 9 heteroatoms. The van der Waals surface area contributed by atoms with Gasteiger partial charge in [0.1, 0.15) is 6.61 Å². The Morgan fingerprint density at radius 1 is 1.27 bits per heavy atom. The van der Waals surface area contributed by atoms with Gasteiger partial charge in [-0.25, -0.2) is 4.98 Å². The van der Waals surface area contributed by atoms with Crippen LogP contribution in [0.4, 0.5) is 5.69 Å². The first-order valence-electron chi connectivity index (χ1n) is 8.91. The molecule has 30 heavy (non-hydrogen) atoms. The summed E-state index contributed by atoms with van der Waals surface area (Å²) in [5, 5.41) is 13.3. The van der Waals surface area contributed by atoms with E-state index in [1.54, 1.807) is 42.5 Å². The Balaban J connectivity index is 1.66. The summed E-state index contributed by atoms with van der Waals surface area (Å²) in [6.45, 7) is 0.0493. The fourth-order valence-electron chi connectivity index (χ4n) is 2.60. The zero-order valence-electron chi connectivity index (χ0n) is 16.0. The first-order valence-corrected chi connectivity index (χ1v) is 9.67. The summed E-state index contributed by atoms with van der Waals surface area (Å²) in [6.07, 6.45) is 6.49. The highest BCUT2D eigenvalue weighted by atomic mass is 35.5. The first kappa shape index (κ1) is 21.7. The fraction of sp³-hybridized carbons (Fsp3) is 0.143. The average molecular weight is 448 g/mol. The minimum Gasteiger partial charge on any atom is -0.491 e. The molecule has 0 saturated heterocycles. The number of hydrogen-bond acceptors (Lipinski definition) is 5. The fourth-order valence-corrected chi connectivity index (χ4v) is 2.93. The van der Waals surface area contributed by atoms with Crippen molar-refractivity contribution in [1.29, 1.82) is 0 Å². The highest BCUT2D eigenvalue weighted by molar-refractivity contribution is 6.42. The highest BCUT2D eigenvalue weighted by Gasteiger charge is 2.10. The van der Waals surface area contributed by atoms with Gasteiger partial charge in [-0.2, -0.15) is 0 Å². The number of carbonyl (C=O) groups is 1. The van der Waals surface area contributed by atoms with Gasteiger partial charge >= 0.3 is 0 Å². The van der Waals surface area contributed by atoms with Gasteiger partial charge in [-0.1, -0.05) is 29.3 Å². The minimum atomic E-state index is -0.428. The van der Waals surface area contributed by atoms with Crippen LogP contribution >= 0.6 is 23.2 Å². The van der Waals surface area contributed by atoms with Gasteiger partial charge in [0.25, 0.3) is 5.91 Å². The average Bonchev–Trinajstić information content (AvgIpc) is 3.12. The number of fused-ring (bicyclic) bond motifs is 1. The van der Waals surface area contributed by atoms with E-state index < -0.39 is 5.91 Å². The maximum Gasteiger partial charge on any atom is 0.290 e. The number of amides is 1. The number of allylic oxidation sites excluding steroid dienone is 2. The summed E-state index contributed by atoms with van der Waals surface area (Å²) in [4.78, 5) is 19.6. The zero-order chi connectivity index (χ0) is 21.5. The number of aliphatic hydroxyl groups excluding tert-OH is 1. The maximum atomic E-state index is 12.4. The number of nitrogens with zero attached hydrogens (tertiary/aromatic N) is 1. The number of rotatable bonds is 8. The van der Waals surface area contributed by atoms with Crippen LogP contribution in [0.1, 0.15) is 5.69 Å². The van der Waals surface area contributed by atoms with Crippen LogP contribution in [0.3, 0.4) is 0 Å². The summed E-state index contributed by atoms with van der Waals surface area (Å²) in [5.74, 6) is 0.0469. The number of aromatic nitrogens is 2. The Morgan fingerprint density at radius 2 is 2.07 bits per heavy atom. The number of anilines is 1. The second kappa shape index (κ2) is 10.2. The monoisotopic (exact) mass is 447 g/mol. The van der Waals surface area contributed by atoms with Crippen LogP contribution in [0.15, 0.2) is 54.4 Å². The molecule has 7 nitrogen and oxygen atoms in total. The van der Waals surface area contributed by atoms with E-state index in [-0.39, 0.29) is 19.0 Å². The van der Waals surface area contributed by atoms with Crippen molar-refractivity contribution < 1.29 is 19.4 Å². The number of aromatic amines is 1. The molecule has 0 aliphatic rings. The summed E-state index contributed by atoms with van der Waals surface area (Å²) in [6, 6.07) is 8.69. The Bertz CT molecular complexity index is 1050. The topological polar surface area (TPSA) is 96.5 Å². The van der Waals surface area contributed by atoms with E-state index in [4.69, 9.17) is 37.8 Å². The van der Waals surface area contributed by atoms with Crippen molar-refractivity contribution in [3.63, 3.8) is 0 Å².